The Morgan fingerprint density at radius 3 is 2.61 bits per heavy atom. The normalized spacial score (nSPS) is 12.7. The Morgan fingerprint density at radius 2 is 1.85 bits per heavy atom. The zero-order chi connectivity index (χ0) is 20.7. The number of imidazole rings is 1. The Labute approximate surface area is 210 Å². The van der Waals surface area contributed by atoms with Crippen molar-refractivity contribution < 1.29 is 9.13 Å². The van der Waals surface area contributed by atoms with Gasteiger partial charge in [0.1, 0.15) is 5.69 Å². The molecule has 0 spiro atoms. The number of methoxy groups -OCH3 is 1. The van der Waals surface area contributed by atoms with E-state index in [0.29, 0.717) is 0 Å². The first-order chi connectivity index (χ1) is 14.7. The Kier molecular flexibility index (Phi) is 9.14. The van der Waals surface area contributed by atoms with E-state index >= 15 is 0 Å². The number of benzene rings is 2. The van der Waals surface area contributed by atoms with Crippen LogP contribution in [0, 0.1) is 5.82 Å². The lowest BCUT2D eigenvalue weighted by Crippen LogP contribution is -2.16. The van der Waals surface area contributed by atoms with Crippen molar-refractivity contribution in [2.24, 2.45) is 0 Å². The van der Waals surface area contributed by atoms with Crippen LogP contribution in [0.2, 0.25) is 0 Å². The first-order valence-electron chi connectivity index (χ1n) is 10.3. The molecule has 0 bridgehead atoms. The van der Waals surface area contributed by atoms with E-state index in [9.17, 15) is 4.39 Å². The van der Waals surface area contributed by atoms with E-state index in [1.165, 1.54) is 12.8 Å². The molecule has 1 aliphatic heterocycles. The first-order valence-corrected chi connectivity index (χ1v) is 10.3. The molecular weight excluding hydrogens is 488 g/mol. The van der Waals surface area contributed by atoms with Crippen molar-refractivity contribution in [2.45, 2.75) is 26.2 Å². The number of aromatic amines is 2. The molecule has 33 heavy (non-hydrogen) atoms. The topological polar surface area (TPSA) is 78.6 Å². The maximum Gasteiger partial charge on any atom is 0.165 e. The van der Waals surface area contributed by atoms with E-state index in [2.05, 4.69) is 27.4 Å². The van der Waals surface area contributed by atoms with Crippen LogP contribution >= 0.6 is 37.2 Å². The van der Waals surface area contributed by atoms with Gasteiger partial charge in [0.05, 0.1) is 18.3 Å². The van der Waals surface area contributed by atoms with Gasteiger partial charge in [-0.15, -0.1) is 37.2 Å². The van der Waals surface area contributed by atoms with Gasteiger partial charge in [0.15, 0.2) is 17.4 Å². The predicted octanol–water partition coefficient (Wildman–Crippen LogP) is 5.28. The molecule has 0 atom stereocenters. The zero-order valence-electron chi connectivity index (χ0n) is 18.3. The molecule has 4 aromatic rings. The van der Waals surface area contributed by atoms with Crippen molar-refractivity contribution in [3.63, 3.8) is 0 Å². The van der Waals surface area contributed by atoms with Crippen LogP contribution in [0.4, 0.5) is 4.39 Å². The molecular formula is C23H27Cl3FN5O. The lowest BCUT2D eigenvalue weighted by atomic mass is 9.96. The summed E-state index contributed by atoms with van der Waals surface area (Å²) in [5, 5.41) is 12.0. The van der Waals surface area contributed by atoms with Gasteiger partial charge in [-0.2, -0.15) is 5.10 Å². The second kappa shape index (κ2) is 11.2. The largest absolute Gasteiger partial charge is 0.494 e. The maximum atomic E-state index is 14.4. The highest BCUT2D eigenvalue weighted by molar-refractivity contribution is 5.94. The van der Waals surface area contributed by atoms with Gasteiger partial charge in [-0.3, -0.25) is 5.10 Å². The van der Waals surface area contributed by atoms with Crippen molar-refractivity contribution in [1.82, 2.24) is 25.5 Å². The molecule has 0 aliphatic carbocycles. The fourth-order valence-electron chi connectivity index (χ4n) is 4.20. The average molecular weight is 515 g/mol. The molecule has 0 amide bonds. The van der Waals surface area contributed by atoms with Crippen LogP contribution in [0.15, 0.2) is 30.3 Å². The summed E-state index contributed by atoms with van der Waals surface area (Å²) in [5.41, 5.74) is 6.86. The molecule has 0 unspecified atom stereocenters. The summed E-state index contributed by atoms with van der Waals surface area (Å²) in [7, 11) is 1.49. The number of fused-ring (bicyclic) bond motifs is 2. The quantitative estimate of drug-likeness (QED) is 0.346. The number of ether oxygens (including phenoxy) is 1. The molecule has 10 heteroatoms. The number of H-pyrrole nitrogens is 2. The fraction of sp³-hybridized carbons (Fsp3) is 0.304. The molecule has 0 radical (unpaired) electrons. The maximum absolute atomic E-state index is 14.4. The standard InChI is InChI=1S/C23H24FN5O.3ClH/c1-3-13-11-21(30-2)17(24)12-16(13)14-4-5-15-20(10-14)28-29-22(15)23-26-18-6-8-25-9-7-19(18)27-23;;;/h4-5,10-12,25H,3,6-9H2,1-2H3,(H,26,27)(H,28,29);3*1H. The summed E-state index contributed by atoms with van der Waals surface area (Å²) in [4.78, 5) is 8.26. The van der Waals surface area contributed by atoms with Crippen molar-refractivity contribution >= 4 is 48.1 Å². The fourth-order valence-corrected chi connectivity index (χ4v) is 4.20. The van der Waals surface area contributed by atoms with Gasteiger partial charge in [0.25, 0.3) is 0 Å². The number of aryl methyl sites for hydroxylation is 1. The minimum Gasteiger partial charge on any atom is -0.494 e. The van der Waals surface area contributed by atoms with E-state index < -0.39 is 0 Å². The van der Waals surface area contributed by atoms with Crippen LogP contribution in [0.1, 0.15) is 23.9 Å². The third-order valence-electron chi connectivity index (χ3n) is 5.81. The summed E-state index contributed by atoms with van der Waals surface area (Å²) in [6.45, 7) is 3.96. The molecule has 0 saturated carbocycles. The highest BCUT2D eigenvalue weighted by Gasteiger charge is 2.18. The summed E-state index contributed by atoms with van der Waals surface area (Å²) in [6.07, 6.45) is 2.64. The summed E-state index contributed by atoms with van der Waals surface area (Å²) in [6, 6.07) is 9.38. The average Bonchev–Trinajstić information content (AvgIpc) is 3.30. The van der Waals surface area contributed by atoms with Crippen molar-refractivity contribution in [1.29, 1.82) is 0 Å². The highest BCUT2D eigenvalue weighted by atomic mass is 35.5. The first kappa shape index (κ1) is 26.9. The van der Waals surface area contributed by atoms with Gasteiger partial charge in [0.2, 0.25) is 0 Å². The molecule has 1 aliphatic rings. The van der Waals surface area contributed by atoms with Crippen molar-refractivity contribution in [3.05, 3.63) is 53.1 Å². The van der Waals surface area contributed by atoms with Crippen LogP contribution in [0.5, 0.6) is 5.75 Å². The number of hydrogen-bond acceptors (Lipinski definition) is 4. The monoisotopic (exact) mass is 513 g/mol. The third kappa shape index (κ3) is 4.96. The second-order valence-corrected chi connectivity index (χ2v) is 7.59. The number of halogens is 4. The molecule has 6 nitrogen and oxygen atoms in total. The van der Waals surface area contributed by atoms with E-state index in [4.69, 9.17) is 9.72 Å². The Balaban J connectivity index is 0.00000128. The van der Waals surface area contributed by atoms with Crippen LogP contribution in [-0.4, -0.2) is 40.4 Å². The zero-order valence-corrected chi connectivity index (χ0v) is 20.8. The number of nitrogens with zero attached hydrogens (tertiary/aromatic N) is 2. The van der Waals surface area contributed by atoms with E-state index in [1.54, 1.807) is 12.1 Å². The number of rotatable bonds is 4. The number of nitrogens with one attached hydrogen (secondary N) is 3. The van der Waals surface area contributed by atoms with Gasteiger partial charge in [0, 0.05) is 37.0 Å². The lowest BCUT2D eigenvalue weighted by Gasteiger charge is -2.11. The molecule has 2 aromatic heterocycles. The van der Waals surface area contributed by atoms with E-state index in [1.807, 2.05) is 18.2 Å². The predicted molar refractivity (Wildman–Crippen MR) is 137 cm³/mol. The van der Waals surface area contributed by atoms with Crippen LogP contribution < -0.4 is 10.1 Å². The number of hydrogen-bond donors (Lipinski definition) is 3. The van der Waals surface area contributed by atoms with Crippen molar-refractivity contribution in [3.8, 4) is 28.4 Å². The molecule has 3 N–H and O–H groups in total. The highest BCUT2D eigenvalue weighted by Crippen LogP contribution is 2.34. The van der Waals surface area contributed by atoms with Crippen LogP contribution in [0.25, 0.3) is 33.5 Å². The third-order valence-corrected chi connectivity index (χ3v) is 5.81. The number of aromatic nitrogens is 4. The lowest BCUT2D eigenvalue weighted by molar-refractivity contribution is 0.386. The summed E-state index contributed by atoms with van der Waals surface area (Å²) in [5.74, 6) is 0.709. The SMILES string of the molecule is CCc1cc(OC)c(F)cc1-c1ccc2c(-c3nc4c([nH]3)CCNCC4)n[nH]c2c1.Cl.Cl.Cl. The molecule has 0 saturated heterocycles. The Morgan fingerprint density at radius 1 is 1.06 bits per heavy atom. The Hall–Kier alpha value is -2.32. The molecule has 2 aromatic carbocycles. The minimum atomic E-state index is -0.360. The van der Waals surface area contributed by atoms with Crippen LogP contribution in [-0.2, 0) is 19.3 Å². The van der Waals surface area contributed by atoms with Crippen molar-refractivity contribution in [2.75, 3.05) is 20.2 Å². The summed E-state index contributed by atoms with van der Waals surface area (Å²) >= 11 is 0. The Bertz CT molecular complexity index is 1220. The van der Waals surface area contributed by atoms with Gasteiger partial charge in [-0.05, 0) is 47.4 Å². The molecule has 3 heterocycles. The van der Waals surface area contributed by atoms with E-state index in [-0.39, 0.29) is 48.8 Å². The minimum absolute atomic E-state index is 0. The van der Waals surface area contributed by atoms with E-state index in [0.717, 1.165) is 77.2 Å². The van der Waals surface area contributed by atoms with Gasteiger partial charge < -0.3 is 15.0 Å². The molecule has 5 rings (SSSR count). The molecule has 0 fully saturated rings. The molecule has 178 valence electrons. The smallest absolute Gasteiger partial charge is 0.165 e. The summed E-state index contributed by atoms with van der Waals surface area (Å²) < 4.78 is 19.5. The second-order valence-electron chi connectivity index (χ2n) is 7.59. The van der Waals surface area contributed by atoms with Crippen LogP contribution in [0.3, 0.4) is 0 Å². The van der Waals surface area contributed by atoms with Gasteiger partial charge >= 0.3 is 0 Å². The van der Waals surface area contributed by atoms with Gasteiger partial charge in [-0.1, -0.05) is 13.0 Å². The van der Waals surface area contributed by atoms with Gasteiger partial charge in [-0.25, -0.2) is 9.37 Å².